The van der Waals surface area contributed by atoms with Crippen molar-refractivity contribution in [3.05, 3.63) is 0 Å². The minimum atomic E-state index is -0.464. The van der Waals surface area contributed by atoms with E-state index in [9.17, 15) is 0 Å². The van der Waals surface area contributed by atoms with E-state index in [1.807, 2.05) is 13.8 Å². The SMILES string of the molecule is CCCCCOC(COC)(COCC)COCC. The Morgan fingerprint density at radius 1 is 0.833 bits per heavy atom. The van der Waals surface area contributed by atoms with Crippen molar-refractivity contribution in [2.45, 2.75) is 45.6 Å². The molecule has 0 aliphatic carbocycles. The van der Waals surface area contributed by atoms with Crippen molar-refractivity contribution in [1.29, 1.82) is 0 Å². The monoisotopic (exact) mass is 262 g/mol. The second-order valence-electron chi connectivity index (χ2n) is 4.45. The normalized spacial score (nSPS) is 12.0. The number of hydrogen-bond donors (Lipinski definition) is 0. The standard InChI is InChI=1S/C14H30O4/c1-5-8-9-10-18-14(11-15-4,12-16-6-2)13-17-7-3/h5-13H2,1-4H3. The average molecular weight is 262 g/mol. The molecule has 0 heterocycles. The first-order valence-corrected chi connectivity index (χ1v) is 7.03. The zero-order valence-electron chi connectivity index (χ0n) is 12.5. The third-order valence-electron chi connectivity index (χ3n) is 2.70. The van der Waals surface area contributed by atoms with E-state index in [1.54, 1.807) is 7.11 Å². The van der Waals surface area contributed by atoms with Gasteiger partial charge in [-0.25, -0.2) is 0 Å². The quantitative estimate of drug-likeness (QED) is 0.478. The topological polar surface area (TPSA) is 36.9 Å². The summed E-state index contributed by atoms with van der Waals surface area (Å²) < 4.78 is 22.3. The fourth-order valence-electron chi connectivity index (χ4n) is 1.73. The predicted molar refractivity (Wildman–Crippen MR) is 73.1 cm³/mol. The van der Waals surface area contributed by atoms with Crippen LogP contribution in [0.2, 0.25) is 0 Å². The molecule has 0 aromatic rings. The Balaban J connectivity index is 4.29. The van der Waals surface area contributed by atoms with Gasteiger partial charge in [0.25, 0.3) is 0 Å². The summed E-state index contributed by atoms with van der Waals surface area (Å²) in [4.78, 5) is 0. The van der Waals surface area contributed by atoms with Crippen molar-refractivity contribution in [1.82, 2.24) is 0 Å². The molecule has 0 spiro atoms. The van der Waals surface area contributed by atoms with Crippen LogP contribution in [0.5, 0.6) is 0 Å². The number of unbranched alkanes of at least 4 members (excludes halogenated alkanes) is 2. The first-order chi connectivity index (χ1) is 8.74. The summed E-state index contributed by atoms with van der Waals surface area (Å²) in [5.74, 6) is 0. The van der Waals surface area contributed by atoms with Gasteiger partial charge in [0.1, 0.15) is 5.60 Å². The highest BCUT2D eigenvalue weighted by molar-refractivity contribution is 4.80. The molecule has 0 fully saturated rings. The molecule has 0 aliphatic heterocycles. The minimum Gasteiger partial charge on any atom is -0.382 e. The summed E-state index contributed by atoms with van der Waals surface area (Å²) in [7, 11) is 1.68. The number of hydrogen-bond acceptors (Lipinski definition) is 4. The second kappa shape index (κ2) is 11.9. The van der Waals surface area contributed by atoms with Crippen LogP contribution in [0, 0.1) is 0 Å². The maximum absolute atomic E-state index is 6.00. The van der Waals surface area contributed by atoms with Crippen LogP contribution < -0.4 is 0 Å². The van der Waals surface area contributed by atoms with E-state index in [0.29, 0.717) is 33.0 Å². The van der Waals surface area contributed by atoms with E-state index >= 15 is 0 Å². The van der Waals surface area contributed by atoms with Gasteiger partial charge in [-0.3, -0.25) is 0 Å². The molecule has 0 aliphatic rings. The minimum absolute atomic E-state index is 0.464. The zero-order valence-corrected chi connectivity index (χ0v) is 12.5. The van der Waals surface area contributed by atoms with Gasteiger partial charge in [0, 0.05) is 26.9 Å². The molecular weight excluding hydrogens is 232 g/mol. The van der Waals surface area contributed by atoms with Crippen molar-refractivity contribution in [2.75, 3.05) is 46.8 Å². The molecule has 0 saturated carbocycles. The van der Waals surface area contributed by atoms with Crippen molar-refractivity contribution in [2.24, 2.45) is 0 Å². The van der Waals surface area contributed by atoms with E-state index in [2.05, 4.69) is 6.92 Å². The molecule has 0 N–H and O–H groups in total. The van der Waals surface area contributed by atoms with Crippen LogP contribution in [0.1, 0.15) is 40.0 Å². The average Bonchev–Trinajstić information content (AvgIpc) is 2.39. The van der Waals surface area contributed by atoms with Crippen LogP contribution in [0.25, 0.3) is 0 Å². The fraction of sp³-hybridized carbons (Fsp3) is 1.00. The number of methoxy groups -OCH3 is 1. The summed E-state index contributed by atoms with van der Waals surface area (Å²) >= 11 is 0. The molecule has 4 heteroatoms. The zero-order chi connectivity index (χ0) is 13.7. The van der Waals surface area contributed by atoms with Gasteiger partial charge in [-0.2, -0.15) is 0 Å². The highest BCUT2D eigenvalue weighted by atomic mass is 16.6. The molecule has 0 aromatic heterocycles. The van der Waals surface area contributed by atoms with Crippen LogP contribution in [0.3, 0.4) is 0 Å². The fourth-order valence-corrected chi connectivity index (χ4v) is 1.73. The van der Waals surface area contributed by atoms with Gasteiger partial charge in [-0.05, 0) is 20.3 Å². The van der Waals surface area contributed by atoms with Gasteiger partial charge in [0.15, 0.2) is 0 Å². The molecule has 4 nitrogen and oxygen atoms in total. The van der Waals surface area contributed by atoms with E-state index in [1.165, 1.54) is 12.8 Å². The Labute approximate surface area is 112 Å². The van der Waals surface area contributed by atoms with Gasteiger partial charge in [-0.1, -0.05) is 19.8 Å². The summed E-state index contributed by atoms with van der Waals surface area (Å²) in [5, 5.41) is 0. The Hall–Kier alpha value is -0.160. The molecule has 0 rings (SSSR count). The van der Waals surface area contributed by atoms with E-state index < -0.39 is 5.60 Å². The van der Waals surface area contributed by atoms with Gasteiger partial charge in [0.05, 0.1) is 19.8 Å². The lowest BCUT2D eigenvalue weighted by Gasteiger charge is -2.32. The van der Waals surface area contributed by atoms with Crippen molar-refractivity contribution >= 4 is 0 Å². The van der Waals surface area contributed by atoms with Gasteiger partial charge in [-0.15, -0.1) is 0 Å². The maximum atomic E-state index is 6.00. The first kappa shape index (κ1) is 17.8. The van der Waals surface area contributed by atoms with E-state index in [4.69, 9.17) is 18.9 Å². The molecule has 0 radical (unpaired) electrons. The predicted octanol–water partition coefficient (Wildman–Crippen LogP) is 2.65. The molecule has 0 unspecified atom stereocenters. The Kier molecular flexibility index (Phi) is 11.8. The maximum Gasteiger partial charge on any atom is 0.138 e. The van der Waals surface area contributed by atoms with Gasteiger partial charge < -0.3 is 18.9 Å². The van der Waals surface area contributed by atoms with Crippen molar-refractivity contribution < 1.29 is 18.9 Å². The molecule has 18 heavy (non-hydrogen) atoms. The summed E-state index contributed by atoms with van der Waals surface area (Å²) in [6.07, 6.45) is 3.45. The van der Waals surface area contributed by atoms with Crippen LogP contribution >= 0.6 is 0 Å². The van der Waals surface area contributed by atoms with Gasteiger partial charge in [0.2, 0.25) is 0 Å². The highest BCUT2D eigenvalue weighted by Crippen LogP contribution is 2.15. The molecule has 0 bridgehead atoms. The molecule has 0 amide bonds. The van der Waals surface area contributed by atoms with E-state index in [0.717, 1.165) is 13.0 Å². The van der Waals surface area contributed by atoms with Crippen molar-refractivity contribution in [3.8, 4) is 0 Å². The summed E-state index contributed by atoms with van der Waals surface area (Å²) in [6.45, 7) is 9.77. The first-order valence-electron chi connectivity index (χ1n) is 7.03. The van der Waals surface area contributed by atoms with Crippen LogP contribution in [0.4, 0.5) is 0 Å². The second-order valence-corrected chi connectivity index (χ2v) is 4.45. The third kappa shape index (κ3) is 8.03. The molecule has 110 valence electrons. The lowest BCUT2D eigenvalue weighted by Crippen LogP contribution is -2.47. The van der Waals surface area contributed by atoms with Crippen LogP contribution in [0.15, 0.2) is 0 Å². The van der Waals surface area contributed by atoms with Crippen molar-refractivity contribution in [3.63, 3.8) is 0 Å². The molecule has 0 atom stereocenters. The van der Waals surface area contributed by atoms with Gasteiger partial charge >= 0.3 is 0 Å². The number of ether oxygens (including phenoxy) is 4. The van der Waals surface area contributed by atoms with Crippen LogP contribution in [-0.2, 0) is 18.9 Å². The Morgan fingerprint density at radius 2 is 1.44 bits per heavy atom. The largest absolute Gasteiger partial charge is 0.382 e. The van der Waals surface area contributed by atoms with E-state index in [-0.39, 0.29) is 0 Å². The number of rotatable bonds is 13. The Bertz CT molecular complexity index is 165. The Morgan fingerprint density at radius 3 is 1.89 bits per heavy atom. The summed E-state index contributed by atoms with van der Waals surface area (Å²) in [5.41, 5.74) is -0.464. The smallest absolute Gasteiger partial charge is 0.138 e. The third-order valence-corrected chi connectivity index (χ3v) is 2.70. The van der Waals surface area contributed by atoms with Crippen LogP contribution in [-0.4, -0.2) is 52.4 Å². The molecule has 0 saturated heterocycles. The lowest BCUT2D eigenvalue weighted by atomic mass is 10.1. The lowest BCUT2D eigenvalue weighted by molar-refractivity contribution is -0.160. The summed E-state index contributed by atoms with van der Waals surface area (Å²) in [6, 6.07) is 0. The highest BCUT2D eigenvalue weighted by Gasteiger charge is 2.32. The molecule has 0 aromatic carbocycles. The molecular formula is C14H30O4.